The molecular formula is C46H80O16P2. The van der Waals surface area contributed by atoms with E-state index >= 15 is 0 Å². The van der Waals surface area contributed by atoms with Crippen molar-refractivity contribution in [3.8, 4) is 0 Å². The Bertz CT molecular complexity index is 1460. The lowest BCUT2D eigenvalue weighted by atomic mass is 10.1. The van der Waals surface area contributed by atoms with Gasteiger partial charge in [-0.2, -0.15) is 0 Å². The Morgan fingerprint density at radius 3 is 1.72 bits per heavy atom. The first-order valence-corrected chi connectivity index (χ1v) is 26.0. The van der Waals surface area contributed by atoms with Crippen molar-refractivity contribution in [1.29, 1.82) is 0 Å². The lowest BCUT2D eigenvalue weighted by molar-refractivity contribution is -0.161. The first kappa shape index (κ1) is 61.4. The predicted molar refractivity (Wildman–Crippen MR) is 248 cm³/mol. The van der Waals surface area contributed by atoms with E-state index in [1.165, 1.54) is 25.3 Å². The Morgan fingerprint density at radius 1 is 0.547 bits per heavy atom. The molecule has 0 radical (unpaired) electrons. The van der Waals surface area contributed by atoms with Crippen molar-refractivity contribution < 1.29 is 76.9 Å². The van der Waals surface area contributed by atoms with Crippen molar-refractivity contribution >= 4 is 27.6 Å². The number of esters is 2. The molecule has 18 heteroatoms. The first-order chi connectivity index (χ1) is 30.6. The number of carbonyl (C=O) groups is 2. The maximum atomic E-state index is 12.7. The summed E-state index contributed by atoms with van der Waals surface area (Å²) in [5, 5.41) is 40.2. The molecule has 0 aliphatic carbocycles. The van der Waals surface area contributed by atoms with Crippen molar-refractivity contribution in [3.63, 3.8) is 0 Å². The third-order valence-corrected chi connectivity index (χ3v) is 10.9. The summed E-state index contributed by atoms with van der Waals surface area (Å²) in [6, 6.07) is 0. The van der Waals surface area contributed by atoms with Crippen LogP contribution in [0.3, 0.4) is 0 Å². The second-order valence-corrected chi connectivity index (χ2v) is 18.2. The van der Waals surface area contributed by atoms with Gasteiger partial charge < -0.3 is 44.6 Å². The molecule has 0 rings (SSSR count). The average Bonchev–Trinajstić information content (AvgIpc) is 3.24. The number of rotatable bonds is 42. The molecular weight excluding hydrogens is 870 g/mol. The topological polar surface area (TPSA) is 256 Å². The third-order valence-electron chi connectivity index (χ3n) is 9.42. The molecule has 0 aromatic rings. The van der Waals surface area contributed by atoms with Gasteiger partial charge in [0.1, 0.15) is 12.7 Å². The van der Waals surface area contributed by atoms with E-state index in [9.17, 15) is 44.0 Å². The second kappa shape index (κ2) is 40.7. The fourth-order valence-corrected chi connectivity index (χ4v) is 6.92. The number of phosphoric acid groups is 2. The zero-order valence-corrected chi connectivity index (χ0v) is 40.0. The molecule has 0 heterocycles. The van der Waals surface area contributed by atoms with Crippen molar-refractivity contribution in [2.75, 3.05) is 26.4 Å². The predicted octanol–water partition coefficient (Wildman–Crippen LogP) is 8.70. The number of ether oxygens (including phenoxy) is 2. The van der Waals surface area contributed by atoms with E-state index in [-0.39, 0.29) is 25.7 Å². The average molecular weight is 951 g/mol. The quantitative estimate of drug-likeness (QED) is 0.00993. The van der Waals surface area contributed by atoms with E-state index in [1.807, 2.05) is 0 Å². The van der Waals surface area contributed by atoms with Crippen LogP contribution < -0.4 is 0 Å². The second-order valence-electron chi connectivity index (χ2n) is 15.5. The van der Waals surface area contributed by atoms with E-state index in [2.05, 4.69) is 47.2 Å². The maximum absolute atomic E-state index is 12.7. The van der Waals surface area contributed by atoms with Gasteiger partial charge in [-0.25, -0.2) is 9.13 Å². The number of allylic oxidation sites excluding steroid dienone is 10. The molecule has 6 atom stereocenters. The summed E-state index contributed by atoms with van der Waals surface area (Å²) in [6.07, 6.45) is 33.9. The van der Waals surface area contributed by atoms with Gasteiger partial charge in [0.05, 0.1) is 38.1 Å². The number of aliphatic hydroxyl groups is 4. The minimum atomic E-state index is -4.91. The highest BCUT2D eigenvalue weighted by molar-refractivity contribution is 7.47. The molecule has 370 valence electrons. The Balaban J connectivity index is 4.82. The summed E-state index contributed by atoms with van der Waals surface area (Å²) < 4.78 is 47.6. The van der Waals surface area contributed by atoms with Crippen LogP contribution in [0.4, 0.5) is 0 Å². The minimum absolute atomic E-state index is 0.0457. The van der Waals surface area contributed by atoms with Gasteiger partial charge >= 0.3 is 27.6 Å². The summed E-state index contributed by atoms with van der Waals surface area (Å²) in [5.74, 6) is -1.37. The molecule has 7 N–H and O–H groups in total. The fourth-order valence-electron chi connectivity index (χ4n) is 5.76. The Kier molecular flexibility index (Phi) is 39.1. The molecule has 0 bridgehead atoms. The van der Waals surface area contributed by atoms with E-state index in [4.69, 9.17) is 23.8 Å². The summed E-state index contributed by atoms with van der Waals surface area (Å²) in [5.41, 5.74) is 0. The summed E-state index contributed by atoms with van der Waals surface area (Å²) in [4.78, 5) is 52.8. The van der Waals surface area contributed by atoms with Crippen LogP contribution in [0.1, 0.15) is 149 Å². The summed E-state index contributed by atoms with van der Waals surface area (Å²) in [6.45, 7) is 1.23. The van der Waals surface area contributed by atoms with E-state index in [0.29, 0.717) is 6.42 Å². The van der Waals surface area contributed by atoms with Gasteiger partial charge in [0, 0.05) is 12.8 Å². The standard InChI is InChI=1S/C46H80O16P2/c1-3-5-7-8-9-10-11-12-13-14-15-16-17-18-19-24-28-34-46(52)62-42(39-61-64(56,57)60-37-41(48)36-59-63(53,54)55)38-58-45(51)35-29-33-44(50)43(49)32-27-23-21-20-22-26-31-40(47)30-25-6-4-2/h9-10,12-13,20-23,26-27,31-32,40-44,47-50H,3-8,11,14-19,24-25,28-30,33-39H2,1-2H3,(H,56,57)(H2,53,54,55)/b10-9-,13-12-,22-20-,23-21+,31-26+,32-27+/t40-,41+,42-,43-,44-/m1/s1. The Hall–Kier alpha value is -2.56. The van der Waals surface area contributed by atoms with Crippen LogP contribution in [-0.2, 0) is 41.8 Å². The molecule has 16 nitrogen and oxygen atoms in total. The third kappa shape index (κ3) is 42.1. The van der Waals surface area contributed by atoms with Crippen LogP contribution in [0.25, 0.3) is 0 Å². The van der Waals surface area contributed by atoms with Crippen LogP contribution in [0.2, 0.25) is 0 Å². The number of phosphoric ester groups is 2. The van der Waals surface area contributed by atoms with Crippen molar-refractivity contribution in [3.05, 3.63) is 72.9 Å². The van der Waals surface area contributed by atoms with Crippen LogP contribution in [0, 0.1) is 0 Å². The summed E-state index contributed by atoms with van der Waals surface area (Å²) in [7, 11) is -9.80. The molecule has 64 heavy (non-hydrogen) atoms. The first-order valence-electron chi connectivity index (χ1n) is 23.0. The molecule has 0 aliphatic heterocycles. The molecule has 0 saturated carbocycles. The molecule has 0 aromatic heterocycles. The van der Waals surface area contributed by atoms with Crippen molar-refractivity contribution in [1.82, 2.24) is 0 Å². The van der Waals surface area contributed by atoms with E-state index < -0.39 is 84.5 Å². The normalized spacial score (nSPS) is 16.1. The lowest BCUT2D eigenvalue weighted by Crippen LogP contribution is -2.30. The highest BCUT2D eigenvalue weighted by Crippen LogP contribution is 2.43. The van der Waals surface area contributed by atoms with Gasteiger partial charge in [-0.05, 0) is 57.8 Å². The molecule has 0 spiro atoms. The van der Waals surface area contributed by atoms with Crippen molar-refractivity contribution in [2.45, 2.75) is 179 Å². The van der Waals surface area contributed by atoms with Gasteiger partial charge in [-0.1, -0.05) is 151 Å². The largest absolute Gasteiger partial charge is 0.472 e. The minimum Gasteiger partial charge on any atom is -0.462 e. The molecule has 0 fully saturated rings. The van der Waals surface area contributed by atoms with E-state index in [0.717, 1.165) is 83.5 Å². The zero-order chi connectivity index (χ0) is 47.7. The number of carbonyl (C=O) groups excluding carboxylic acids is 2. The highest BCUT2D eigenvalue weighted by Gasteiger charge is 2.28. The van der Waals surface area contributed by atoms with Gasteiger partial charge in [0.2, 0.25) is 0 Å². The Morgan fingerprint density at radius 2 is 1.08 bits per heavy atom. The molecule has 1 unspecified atom stereocenters. The highest BCUT2D eigenvalue weighted by atomic mass is 31.2. The van der Waals surface area contributed by atoms with E-state index in [1.54, 1.807) is 42.5 Å². The van der Waals surface area contributed by atoms with Crippen LogP contribution in [-0.4, -0.2) is 104 Å². The Labute approximate surface area is 382 Å². The van der Waals surface area contributed by atoms with Crippen LogP contribution >= 0.6 is 15.6 Å². The SMILES string of the molecule is CCCCC/C=C\C/C=C\CCCCCCCCCC(=O)O[C@H](COC(=O)CCC[C@@H](O)[C@H](O)/C=C/C=C/C=C\C=C\[C@H](O)CCCCC)COP(=O)(O)OC[C@@H](O)COP(=O)(O)O. The zero-order valence-electron chi connectivity index (χ0n) is 38.2. The summed E-state index contributed by atoms with van der Waals surface area (Å²) >= 11 is 0. The number of hydrogen-bond donors (Lipinski definition) is 7. The monoisotopic (exact) mass is 950 g/mol. The fraction of sp³-hybridized carbons (Fsp3) is 0.696. The number of unbranched alkanes of at least 4 members (excludes halogenated alkanes) is 12. The van der Waals surface area contributed by atoms with Crippen LogP contribution in [0.5, 0.6) is 0 Å². The molecule has 0 aromatic carbocycles. The maximum Gasteiger partial charge on any atom is 0.472 e. The smallest absolute Gasteiger partial charge is 0.462 e. The number of hydrogen-bond acceptors (Lipinski definition) is 13. The van der Waals surface area contributed by atoms with Crippen molar-refractivity contribution in [2.24, 2.45) is 0 Å². The molecule has 0 amide bonds. The molecule has 0 saturated heterocycles. The molecule has 0 aliphatic rings. The van der Waals surface area contributed by atoms with Gasteiger partial charge in [-0.3, -0.25) is 23.2 Å². The van der Waals surface area contributed by atoms with Gasteiger partial charge in [0.15, 0.2) is 6.10 Å². The van der Waals surface area contributed by atoms with Crippen LogP contribution in [0.15, 0.2) is 72.9 Å². The lowest BCUT2D eigenvalue weighted by Gasteiger charge is -2.20. The van der Waals surface area contributed by atoms with Gasteiger partial charge in [0.25, 0.3) is 0 Å². The van der Waals surface area contributed by atoms with Gasteiger partial charge in [-0.15, -0.1) is 0 Å². The number of aliphatic hydroxyl groups excluding tert-OH is 4.